The second-order valence-electron chi connectivity index (χ2n) is 5.15. The quantitative estimate of drug-likeness (QED) is 0.857. The lowest BCUT2D eigenvalue weighted by atomic mass is 10.2. The van der Waals surface area contributed by atoms with E-state index in [1.165, 1.54) is 11.6 Å². The van der Waals surface area contributed by atoms with Crippen LogP contribution in [0.3, 0.4) is 0 Å². The molecule has 0 radical (unpaired) electrons. The van der Waals surface area contributed by atoms with E-state index in [4.69, 9.17) is 16.3 Å². The highest BCUT2D eigenvalue weighted by molar-refractivity contribution is 6.30. The predicted molar refractivity (Wildman–Crippen MR) is 84.4 cm³/mol. The Morgan fingerprint density at radius 1 is 1.19 bits per heavy atom. The zero-order chi connectivity index (χ0) is 15.2. The summed E-state index contributed by atoms with van der Waals surface area (Å²) in [6.45, 7) is 5.20. The van der Waals surface area contributed by atoms with E-state index in [0.717, 1.165) is 11.3 Å². The van der Waals surface area contributed by atoms with Gasteiger partial charge in [-0.3, -0.25) is 0 Å². The minimum absolute atomic E-state index is 0.148. The summed E-state index contributed by atoms with van der Waals surface area (Å²) in [4.78, 5) is 0. The van der Waals surface area contributed by atoms with E-state index >= 15 is 0 Å². The lowest BCUT2D eigenvalue weighted by Gasteiger charge is -2.15. The van der Waals surface area contributed by atoms with E-state index in [-0.39, 0.29) is 16.9 Å². The van der Waals surface area contributed by atoms with Gasteiger partial charge in [0.25, 0.3) is 0 Å². The molecule has 0 heterocycles. The van der Waals surface area contributed by atoms with Gasteiger partial charge in [-0.1, -0.05) is 35.4 Å². The van der Waals surface area contributed by atoms with Gasteiger partial charge in [0.15, 0.2) is 0 Å². The highest BCUT2D eigenvalue weighted by Gasteiger charge is 2.05. The second kappa shape index (κ2) is 7.43. The number of aryl methyl sites for hydroxylation is 1. The van der Waals surface area contributed by atoms with Crippen molar-refractivity contribution in [3.8, 4) is 5.75 Å². The normalized spacial score (nSPS) is 12.2. The summed E-state index contributed by atoms with van der Waals surface area (Å²) in [6, 6.07) is 12.9. The molecule has 0 aliphatic carbocycles. The molecule has 2 rings (SSSR count). The Hall–Kier alpha value is -1.58. The van der Waals surface area contributed by atoms with Gasteiger partial charge >= 0.3 is 0 Å². The van der Waals surface area contributed by atoms with Crippen LogP contribution in [-0.4, -0.2) is 12.6 Å². The SMILES string of the molecule is Cc1ccc(OCC(C)NCc2ccc(Cl)c(F)c2)cc1. The first-order valence-corrected chi connectivity index (χ1v) is 7.29. The van der Waals surface area contributed by atoms with Crippen molar-refractivity contribution in [2.24, 2.45) is 0 Å². The molecular weight excluding hydrogens is 289 g/mol. The average Bonchev–Trinajstić information content (AvgIpc) is 2.48. The number of nitrogens with one attached hydrogen (secondary N) is 1. The Bertz CT molecular complexity index is 586. The van der Waals surface area contributed by atoms with Gasteiger partial charge in [0.05, 0.1) is 5.02 Å². The van der Waals surface area contributed by atoms with Crippen molar-refractivity contribution in [2.45, 2.75) is 26.4 Å². The first-order chi connectivity index (χ1) is 10.0. The summed E-state index contributed by atoms with van der Waals surface area (Å²) in [7, 11) is 0. The largest absolute Gasteiger partial charge is 0.492 e. The zero-order valence-corrected chi connectivity index (χ0v) is 13.0. The molecule has 0 aliphatic heterocycles. The van der Waals surface area contributed by atoms with Crippen LogP contribution >= 0.6 is 11.6 Å². The topological polar surface area (TPSA) is 21.3 Å². The molecule has 0 aliphatic rings. The van der Waals surface area contributed by atoms with Crippen LogP contribution in [0.15, 0.2) is 42.5 Å². The van der Waals surface area contributed by atoms with E-state index < -0.39 is 0 Å². The molecule has 0 aromatic heterocycles. The molecule has 4 heteroatoms. The van der Waals surface area contributed by atoms with E-state index in [1.54, 1.807) is 6.07 Å². The molecule has 1 unspecified atom stereocenters. The van der Waals surface area contributed by atoms with Crippen molar-refractivity contribution in [3.63, 3.8) is 0 Å². The molecule has 2 aromatic carbocycles. The molecule has 2 nitrogen and oxygen atoms in total. The maximum atomic E-state index is 13.3. The van der Waals surface area contributed by atoms with Gasteiger partial charge in [0.2, 0.25) is 0 Å². The Labute approximate surface area is 129 Å². The van der Waals surface area contributed by atoms with Gasteiger partial charge in [-0.05, 0) is 43.7 Å². The molecule has 112 valence electrons. The third-order valence-electron chi connectivity index (χ3n) is 3.16. The highest BCUT2D eigenvalue weighted by Crippen LogP contribution is 2.15. The molecule has 0 spiro atoms. The fourth-order valence-electron chi connectivity index (χ4n) is 1.86. The monoisotopic (exact) mass is 307 g/mol. The van der Waals surface area contributed by atoms with Gasteiger partial charge in [0.1, 0.15) is 18.2 Å². The summed E-state index contributed by atoms with van der Waals surface area (Å²) in [6.07, 6.45) is 0. The minimum atomic E-state index is -0.389. The van der Waals surface area contributed by atoms with Crippen molar-refractivity contribution in [1.82, 2.24) is 5.32 Å². The van der Waals surface area contributed by atoms with Gasteiger partial charge in [-0.15, -0.1) is 0 Å². The first-order valence-electron chi connectivity index (χ1n) is 6.91. The third-order valence-corrected chi connectivity index (χ3v) is 3.47. The molecule has 0 saturated carbocycles. The maximum absolute atomic E-state index is 13.3. The van der Waals surface area contributed by atoms with Gasteiger partial charge in [-0.2, -0.15) is 0 Å². The van der Waals surface area contributed by atoms with E-state index in [1.807, 2.05) is 44.2 Å². The number of hydrogen-bond donors (Lipinski definition) is 1. The lowest BCUT2D eigenvalue weighted by Crippen LogP contribution is -2.31. The maximum Gasteiger partial charge on any atom is 0.142 e. The van der Waals surface area contributed by atoms with E-state index in [0.29, 0.717) is 13.2 Å². The molecule has 2 aromatic rings. The number of ether oxygens (including phenoxy) is 1. The fraction of sp³-hybridized carbons (Fsp3) is 0.294. The molecule has 0 bridgehead atoms. The number of halogens is 2. The first kappa shape index (κ1) is 15.8. The Morgan fingerprint density at radius 3 is 2.57 bits per heavy atom. The Balaban J connectivity index is 1.77. The summed E-state index contributed by atoms with van der Waals surface area (Å²) < 4.78 is 19.0. The molecule has 1 N–H and O–H groups in total. The van der Waals surface area contributed by atoms with Crippen molar-refractivity contribution >= 4 is 11.6 Å². The van der Waals surface area contributed by atoms with Crippen LogP contribution in [0.2, 0.25) is 5.02 Å². The Morgan fingerprint density at radius 2 is 1.90 bits per heavy atom. The standard InChI is InChI=1S/C17H19ClFNO/c1-12-3-6-15(7-4-12)21-11-13(2)20-10-14-5-8-16(18)17(19)9-14/h3-9,13,20H,10-11H2,1-2H3. The van der Waals surface area contributed by atoms with Crippen molar-refractivity contribution in [2.75, 3.05) is 6.61 Å². The molecular formula is C17H19ClFNO. The number of benzene rings is 2. The molecule has 0 saturated heterocycles. The summed E-state index contributed by atoms with van der Waals surface area (Å²) in [5, 5.41) is 3.44. The van der Waals surface area contributed by atoms with Crippen LogP contribution in [0.4, 0.5) is 4.39 Å². The van der Waals surface area contributed by atoms with E-state index in [2.05, 4.69) is 5.32 Å². The highest BCUT2D eigenvalue weighted by atomic mass is 35.5. The van der Waals surface area contributed by atoms with Crippen molar-refractivity contribution < 1.29 is 9.13 Å². The third kappa shape index (κ3) is 5.03. The zero-order valence-electron chi connectivity index (χ0n) is 12.2. The van der Waals surface area contributed by atoms with E-state index in [9.17, 15) is 4.39 Å². The van der Waals surface area contributed by atoms with Crippen LogP contribution in [0.1, 0.15) is 18.1 Å². The molecule has 1 atom stereocenters. The fourth-order valence-corrected chi connectivity index (χ4v) is 1.97. The number of hydrogen-bond acceptors (Lipinski definition) is 2. The average molecular weight is 308 g/mol. The van der Waals surface area contributed by atoms with Crippen LogP contribution in [0, 0.1) is 12.7 Å². The summed E-state index contributed by atoms with van der Waals surface area (Å²) >= 11 is 5.66. The lowest BCUT2D eigenvalue weighted by molar-refractivity contribution is 0.272. The van der Waals surface area contributed by atoms with Gasteiger partial charge in [0, 0.05) is 12.6 Å². The summed E-state index contributed by atoms with van der Waals surface area (Å²) in [5.74, 6) is 0.464. The number of rotatable bonds is 6. The molecule has 0 fully saturated rings. The van der Waals surface area contributed by atoms with Crippen LogP contribution in [0.5, 0.6) is 5.75 Å². The minimum Gasteiger partial charge on any atom is -0.492 e. The molecule has 21 heavy (non-hydrogen) atoms. The van der Waals surface area contributed by atoms with Crippen molar-refractivity contribution in [1.29, 1.82) is 0 Å². The Kier molecular flexibility index (Phi) is 5.59. The van der Waals surface area contributed by atoms with Gasteiger partial charge in [-0.25, -0.2) is 4.39 Å². The smallest absolute Gasteiger partial charge is 0.142 e. The second-order valence-corrected chi connectivity index (χ2v) is 5.56. The summed E-state index contributed by atoms with van der Waals surface area (Å²) in [5.41, 5.74) is 2.07. The van der Waals surface area contributed by atoms with Crippen molar-refractivity contribution in [3.05, 3.63) is 64.4 Å². The van der Waals surface area contributed by atoms with Crippen LogP contribution < -0.4 is 10.1 Å². The van der Waals surface area contributed by atoms with Crippen LogP contribution in [0.25, 0.3) is 0 Å². The predicted octanol–water partition coefficient (Wildman–Crippen LogP) is 4.34. The van der Waals surface area contributed by atoms with Crippen LogP contribution in [-0.2, 0) is 6.54 Å². The van der Waals surface area contributed by atoms with Gasteiger partial charge < -0.3 is 10.1 Å². The molecule has 0 amide bonds.